The lowest BCUT2D eigenvalue weighted by Crippen LogP contribution is -2.24. The zero-order valence-corrected chi connectivity index (χ0v) is 11.3. The summed E-state index contributed by atoms with van der Waals surface area (Å²) in [6.07, 6.45) is 2.11. The zero-order chi connectivity index (χ0) is 11.8. The van der Waals surface area contributed by atoms with Crippen LogP contribution < -0.4 is 0 Å². The minimum Gasteiger partial charge on any atom is -0.393 e. The maximum absolute atomic E-state index is 9.87. The molecule has 3 atom stereocenters. The first-order valence-electron chi connectivity index (χ1n) is 6.16. The van der Waals surface area contributed by atoms with Gasteiger partial charge in [0.25, 0.3) is 0 Å². The minimum absolute atomic E-state index is 0.0697. The normalized spacial score (nSPS) is 33.2. The number of likely N-dealkylation sites (tertiary alicyclic amines) is 1. The SMILES string of the molecule is OC1CCC2CN(Cc3nc(CCl)cs3)CC12. The molecule has 1 N–H and O–H groups in total. The van der Waals surface area contributed by atoms with Gasteiger partial charge in [0.2, 0.25) is 0 Å². The molecule has 2 heterocycles. The van der Waals surface area contributed by atoms with Gasteiger partial charge in [-0.3, -0.25) is 4.90 Å². The van der Waals surface area contributed by atoms with Gasteiger partial charge in [-0.2, -0.15) is 0 Å². The lowest BCUT2D eigenvalue weighted by molar-refractivity contribution is 0.123. The van der Waals surface area contributed by atoms with Crippen molar-refractivity contribution in [1.29, 1.82) is 0 Å². The van der Waals surface area contributed by atoms with E-state index in [9.17, 15) is 5.11 Å². The molecule has 3 rings (SSSR count). The molecule has 3 unspecified atom stereocenters. The average molecular weight is 273 g/mol. The third kappa shape index (κ3) is 2.36. The summed E-state index contributed by atoms with van der Waals surface area (Å²) in [5.74, 6) is 1.71. The number of aromatic nitrogens is 1. The second-order valence-electron chi connectivity index (χ2n) is 5.13. The van der Waals surface area contributed by atoms with Crippen LogP contribution in [-0.2, 0) is 12.4 Å². The highest BCUT2D eigenvalue weighted by molar-refractivity contribution is 7.09. The number of fused-ring (bicyclic) bond motifs is 1. The van der Waals surface area contributed by atoms with E-state index >= 15 is 0 Å². The minimum atomic E-state index is -0.0697. The van der Waals surface area contributed by atoms with Gasteiger partial charge in [0, 0.05) is 24.4 Å². The summed E-state index contributed by atoms with van der Waals surface area (Å²) < 4.78 is 0. The van der Waals surface area contributed by atoms with Crippen molar-refractivity contribution >= 4 is 22.9 Å². The molecule has 3 nitrogen and oxygen atoms in total. The predicted molar refractivity (Wildman–Crippen MR) is 69.2 cm³/mol. The van der Waals surface area contributed by atoms with Gasteiger partial charge in [0.15, 0.2) is 0 Å². The molecule has 1 aliphatic heterocycles. The number of hydrogen-bond acceptors (Lipinski definition) is 4. The molecule has 2 aliphatic rings. The van der Waals surface area contributed by atoms with Crippen LogP contribution in [0, 0.1) is 11.8 Å². The molecule has 0 radical (unpaired) electrons. The monoisotopic (exact) mass is 272 g/mol. The second-order valence-corrected chi connectivity index (χ2v) is 6.34. The Morgan fingerprint density at radius 2 is 2.35 bits per heavy atom. The van der Waals surface area contributed by atoms with Crippen LogP contribution in [0.15, 0.2) is 5.38 Å². The number of halogens is 1. The molecule has 94 valence electrons. The van der Waals surface area contributed by atoms with Crippen molar-refractivity contribution in [2.45, 2.75) is 31.4 Å². The molecule has 5 heteroatoms. The van der Waals surface area contributed by atoms with Crippen molar-refractivity contribution in [2.75, 3.05) is 13.1 Å². The van der Waals surface area contributed by atoms with Crippen LogP contribution in [0.3, 0.4) is 0 Å². The first-order valence-corrected chi connectivity index (χ1v) is 7.57. The van der Waals surface area contributed by atoms with E-state index in [1.807, 2.05) is 5.38 Å². The van der Waals surface area contributed by atoms with Gasteiger partial charge in [-0.15, -0.1) is 22.9 Å². The first-order chi connectivity index (χ1) is 8.26. The zero-order valence-electron chi connectivity index (χ0n) is 9.68. The van der Waals surface area contributed by atoms with Crippen molar-refractivity contribution in [3.8, 4) is 0 Å². The fourth-order valence-electron chi connectivity index (χ4n) is 3.13. The molecule has 0 aromatic carbocycles. The molecule has 0 bridgehead atoms. The van der Waals surface area contributed by atoms with E-state index in [0.717, 1.165) is 36.8 Å². The Kier molecular flexibility index (Phi) is 3.39. The number of aliphatic hydroxyl groups is 1. The molecule has 2 fully saturated rings. The van der Waals surface area contributed by atoms with Crippen LogP contribution in [-0.4, -0.2) is 34.2 Å². The molecule has 0 amide bonds. The highest BCUT2D eigenvalue weighted by Crippen LogP contribution is 2.38. The van der Waals surface area contributed by atoms with Crippen LogP contribution in [0.25, 0.3) is 0 Å². The third-order valence-electron chi connectivity index (χ3n) is 3.99. The second kappa shape index (κ2) is 4.84. The summed E-state index contributed by atoms with van der Waals surface area (Å²) in [5.41, 5.74) is 0.978. The molecule has 0 spiro atoms. The quantitative estimate of drug-likeness (QED) is 0.856. The van der Waals surface area contributed by atoms with Gasteiger partial charge in [-0.25, -0.2) is 4.98 Å². The van der Waals surface area contributed by atoms with Gasteiger partial charge in [0.1, 0.15) is 5.01 Å². The Bertz CT molecular complexity index is 398. The summed E-state index contributed by atoms with van der Waals surface area (Å²) in [6, 6.07) is 0. The summed E-state index contributed by atoms with van der Waals surface area (Å²) in [4.78, 5) is 6.91. The molecular weight excluding hydrogens is 256 g/mol. The van der Waals surface area contributed by atoms with Crippen molar-refractivity contribution in [3.63, 3.8) is 0 Å². The Labute approximate surface area is 110 Å². The number of nitrogens with zero attached hydrogens (tertiary/aromatic N) is 2. The number of alkyl halides is 1. The van der Waals surface area contributed by atoms with Crippen LogP contribution in [0.5, 0.6) is 0 Å². The van der Waals surface area contributed by atoms with Crippen LogP contribution in [0.2, 0.25) is 0 Å². The predicted octanol–water partition coefficient (Wildman–Crippen LogP) is 2.08. The van der Waals surface area contributed by atoms with Gasteiger partial charge in [0.05, 0.1) is 24.2 Å². The maximum atomic E-state index is 9.87. The molecule has 1 aromatic rings. The van der Waals surface area contributed by atoms with Gasteiger partial charge < -0.3 is 5.11 Å². The third-order valence-corrected chi connectivity index (χ3v) is 5.15. The van der Waals surface area contributed by atoms with E-state index < -0.39 is 0 Å². The highest BCUT2D eigenvalue weighted by Gasteiger charge is 2.41. The molecule has 1 aliphatic carbocycles. The Hall–Kier alpha value is -0.160. The van der Waals surface area contributed by atoms with E-state index in [0.29, 0.717) is 17.7 Å². The largest absolute Gasteiger partial charge is 0.393 e. The van der Waals surface area contributed by atoms with Crippen molar-refractivity contribution in [1.82, 2.24) is 9.88 Å². The average Bonchev–Trinajstić information content (AvgIpc) is 2.98. The fraction of sp³-hybridized carbons (Fsp3) is 0.750. The van der Waals surface area contributed by atoms with Gasteiger partial charge >= 0.3 is 0 Å². The molecule has 1 aromatic heterocycles. The van der Waals surface area contributed by atoms with Crippen LogP contribution in [0.4, 0.5) is 0 Å². The standard InChI is InChI=1S/C12H17ClN2OS/c13-3-9-7-17-12(14-9)6-15-4-8-1-2-11(16)10(8)5-15/h7-8,10-11,16H,1-6H2. The number of thiazole rings is 1. The van der Waals surface area contributed by atoms with E-state index in [1.165, 1.54) is 6.42 Å². The summed E-state index contributed by atoms with van der Waals surface area (Å²) in [5, 5.41) is 13.1. The van der Waals surface area contributed by atoms with Crippen molar-refractivity contribution < 1.29 is 5.11 Å². The summed E-state index contributed by atoms with van der Waals surface area (Å²) in [7, 11) is 0. The van der Waals surface area contributed by atoms with Crippen molar-refractivity contribution in [2.24, 2.45) is 11.8 Å². The van der Waals surface area contributed by atoms with E-state index in [-0.39, 0.29) is 6.10 Å². The van der Waals surface area contributed by atoms with Crippen molar-refractivity contribution in [3.05, 3.63) is 16.1 Å². The number of hydrogen-bond donors (Lipinski definition) is 1. The smallest absolute Gasteiger partial charge is 0.107 e. The lowest BCUT2D eigenvalue weighted by Gasteiger charge is -2.16. The van der Waals surface area contributed by atoms with E-state index in [2.05, 4.69) is 9.88 Å². The van der Waals surface area contributed by atoms with Crippen LogP contribution in [0.1, 0.15) is 23.5 Å². The summed E-state index contributed by atoms with van der Waals surface area (Å²) in [6.45, 7) is 3.07. The number of aliphatic hydroxyl groups excluding tert-OH is 1. The Morgan fingerprint density at radius 3 is 3.06 bits per heavy atom. The van der Waals surface area contributed by atoms with E-state index in [4.69, 9.17) is 11.6 Å². The Morgan fingerprint density at radius 1 is 1.47 bits per heavy atom. The van der Waals surface area contributed by atoms with E-state index in [1.54, 1.807) is 11.3 Å². The van der Waals surface area contributed by atoms with Crippen LogP contribution >= 0.6 is 22.9 Å². The first kappa shape index (κ1) is 11.9. The Balaban J connectivity index is 1.60. The topological polar surface area (TPSA) is 36.4 Å². The van der Waals surface area contributed by atoms with Gasteiger partial charge in [-0.05, 0) is 18.8 Å². The molecule has 1 saturated carbocycles. The molecule has 1 saturated heterocycles. The highest BCUT2D eigenvalue weighted by atomic mass is 35.5. The van der Waals surface area contributed by atoms with Gasteiger partial charge in [-0.1, -0.05) is 0 Å². The molecular formula is C12H17ClN2OS. The maximum Gasteiger partial charge on any atom is 0.107 e. The fourth-order valence-corrected chi connectivity index (χ4v) is 4.20. The number of rotatable bonds is 3. The lowest BCUT2D eigenvalue weighted by atomic mass is 10.00. The summed E-state index contributed by atoms with van der Waals surface area (Å²) >= 11 is 7.44. The molecule has 17 heavy (non-hydrogen) atoms.